The average Bonchev–Trinajstić information content (AvgIpc) is 2.67. The van der Waals surface area contributed by atoms with Crippen LogP contribution in [0.4, 0.5) is 5.69 Å². The third-order valence-electron chi connectivity index (χ3n) is 3.74. The molecule has 1 unspecified atom stereocenters. The summed E-state index contributed by atoms with van der Waals surface area (Å²) in [5.41, 5.74) is 1.33. The molecule has 2 aromatic rings. The van der Waals surface area contributed by atoms with E-state index in [1.807, 2.05) is 18.2 Å². The van der Waals surface area contributed by atoms with Crippen molar-refractivity contribution >= 4 is 11.6 Å². The first-order valence-electron chi connectivity index (χ1n) is 8.20. The predicted octanol–water partition coefficient (Wildman–Crippen LogP) is 3.52. The number of benzene rings is 2. The number of amides is 1. The van der Waals surface area contributed by atoms with Crippen LogP contribution in [0, 0.1) is 22.7 Å². The van der Waals surface area contributed by atoms with Crippen LogP contribution in [0.25, 0.3) is 0 Å². The minimum atomic E-state index is -0.405. The Balaban J connectivity index is 1.95. The molecule has 6 nitrogen and oxygen atoms in total. The van der Waals surface area contributed by atoms with E-state index in [4.69, 9.17) is 15.3 Å². The molecule has 0 aromatic heterocycles. The van der Waals surface area contributed by atoms with Gasteiger partial charge in [0.25, 0.3) is 0 Å². The summed E-state index contributed by atoms with van der Waals surface area (Å²) in [5, 5.41) is 20.7. The van der Waals surface area contributed by atoms with Gasteiger partial charge >= 0.3 is 0 Å². The van der Waals surface area contributed by atoms with Crippen molar-refractivity contribution in [2.45, 2.75) is 19.4 Å². The normalized spacial score (nSPS) is 10.9. The molecule has 0 aliphatic rings. The standard InChI is InChI=1S/C20H20N4O2/c1-15(20(25)24(2)12-4-11-21)23-17-7-9-18(10-8-17)26-19-6-3-5-16(13-19)14-22/h3,5-10,13,15,23H,4,12H2,1-2H3. The van der Waals surface area contributed by atoms with Gasteiger partial charge in [0, 0.05) is 19.3 Å². The Hall–Kier alpha value is -3.51. The summed E-state index contributed by atoms with van der Waals surface area (Å²) in [4.78, 5) is 13.8. The van der Waals surface area contributed by atoms with Crippen molar-refractivity contribution in [1.82, 2.24) is 4.90 Å². The lowest BCUT2D eigenvalue weighted by atomic mass is 10.2. The Morgan fingerprint density at radius 2 is 1.92 bits per heavy atom. The van der Waals surface area contributed by atoms with E-state index in [2.05, 4.69) is 11.4 Å². The maximum atomic E-state index is 12.2. The van der Waals surface area contributed by atoms with E-state index in [9.17, 15) is 4.79 Å². The number of ether oxygens (including phenoxy) is 1. The first-order chi connectivity index (χ1) is 12.5. The summed E-state index contributed by atoms with van der Waals surface area (Å²) in [6.45, 7) is 2.19. The van der Waals surface area contributed by atoms with Crippen LogP contribution in [-0.2, 0) is 4.79 Å². The lowest BCUT2D eigenvalue weighted by Gasteiger charge is -2.22. The van der Waals surface area contributed by atoms with Crippen molar-refractivity contribution in [3.05, 3.63) is 54.1 Å². The minimum absolute atomic E-state index is 0.0751. The Bertz CT molecular complexity index is 834. The second-order valence-corrected chi connectivity index (χ2v) is 5.80. The van der Waals surface area contributed by atoms with Crippen LogP contribution in [0.1, 0.15) is 18.9 Å². The molecule has 0 bridgehead atoms. The number of rotatable bonds is 7. The molecule has 0 aliphatic heterocycles. The van der Waals surface area contributed by atoms with Crippen LogP contribution in [0.15, 0.2) is 48.5 Å². The molecule has 132 valence electrons. The molecule has 0 radical (unpaired) electrons. The number of likely N-dealkylation sites (N-methyl/N-ethyl adjacent to an activating group) is 1. The van der Waals surface area contributed by atoms with Crippen molar-refractivity contribution < 1.29 is 9.53 Å². The van der Waals surface area contributed by atoms with Crippen molar-refractivity contribution in [3.63, 3.8) is 0 Å². The van der Waals surface area contributed by atoms with E-state index in [1.54, 1.807) is 55.3 Å². The zero-order valence-electron chi connectivity index (χ0n) is 14.8. The summed E-state index contributed by atoms with van der Waals surface area (Å²) >= 11 is 0. The summed E-state index contributed by atoms with van der Waals surface area (Å²) in [5.74, 6) is 1.15. The molecule has 1 amide bonds. The molecule has 1 atom stereocenters. The fourth-order valence-corrected chi connectivity index (χ4v) is 2.35. The second-order valence-electron chi connectivity index (χ2n) is 5.80. The Morgan fingerprint density at radius 1 is 1.19 bits per heavy atom. The van der Waals surface area contributed by atoms with E-state index in [0.29, 0.717) is 30.0 Å². The molecule has 26 heavy (non-hydrogen) atoms. The lowest BCUT2D eigenvalue weighted by molar-refractivity contribution is -0.130. The first kappa shape index (κ1) is 18.8. The van der Waals surface area contributed by atoms with Crippen LogP contribution >= 0.6 is 0 Å². The van der Waals surface area contributed by atoms with Gasteiger partial charge in [0.05, 0.1) is 24.1 Å². The molecule has 0 aliphatic carbocycles. The molecule has 0 heterocycles. The smallest absolute Gasteiger partial charge is 0.244 e. The van der Waals surface area contributed by atoms with E-state index in [1.165, 1.54) is 0 Å². The third kappa shape index (κ3) is 5.25. The van der Waals surface area contributed by atoms with Gasteiger partial charge < -0.3 is 15.0 Å². The van der Waals surface area contributed by atoms with Gasteiger partial charge in [0.2, 0.25) is 5.91 Å². The Morgan fingerprint density at radius 3 is 2.58 bits per heavy atom. The maximum absolute atomic E-state index is 12.2. The topological polar surface area (TPSA) is 89.2 Å². The number of anilines is 1. The summed E-state index contributed by atoms with van der Waals surface area (Å²) in [6.07, 6.45) is 0.313. The molecule has 1 N–H and O–H groups in total. The molecule has 2 aromatic carbocycles. The van der Waals surface area contributed by atoms with E-state index in [0.717, 1.165) is 5.69 Å². The summed E-state index contributed by atoms with van der Waals surface area (Å²) in [7, 11) is 1.68. The molecule has 0 spiro atoms. The Labute approximate surface area is 153 Å². The number of hydrogen-bond acceptors (Lipinski definition) is 5. The number of carbonyl (C=O) groups is 1. The van der Waals surface area contributed by atoms with E-state index >= 15 is 0 Å². The molecule has 0 saturated heterocycles. The van der Waals surface area contributed by atoms with Crippen molar-refractivity contribution in [3.8, 4) is 23.6 Å². The van der Waals surface area contributed by atoms with Crippen LogP contribution in [0.3, 0.4) is 0 Å². The highest BCUT2D eigenvalue weighted by Crippen LogP contribution is 2.24. The molecule has 6 heteroatoms. The molecular formula is C20H20N4O2. The van der Waals surface area contributed by atoms with Gasteiger partial charge in [-0.05, 0) is 49.4 Å². The van der Waals surface area contributed by atoms with Gasteiger partial charge in [-0.25, -0.2) is 0 Å². The predicted molar refractivity (Wildman–Crippen MR) is 98.6 cm³/mol. The highest BCUT2D eigenvalue weighted by Gasteiger charge is 2.16. The summed E-state index contributed by atoms with van der Waals surface area (Å²) in [6, 6.07) is 17.9. The molecule has 0 saturated carbocycles. The van der Waals surface area contributed by atoms with Gasteiger partial charge in [0.15, 0.2) is 0 Å². The molecular weight excluding hydrogens is 328 g/mol. The average molecular weight is 348 g/mol. The van der Waals surface area contributed by atoms with Crippen LogP contribution in [0.5, 0.6) is 11.5 Å². The minimum Gasteiger partial charge on any atom is -0.457 e. The van der Waals surface area contributed by atoms with Gasteiger partial charge in [-0.15, -0.1) is 0 Å². The number of carbonyl (C=O) groups excluding carboxylic acids is 1. The first-order valence-corrected chi connectivity index (χ1v) is 8.20. The second kappa shape index (κ2) is 9.10. The summed E-state index contributed by atoms with van der Waals surface area (Å²) < 4.78 is 5.73. The largest absolute Gasteiger partial charge is 0.457 e. The highest BCUT2D eigenvalue weighted by atomic mass is 16.5. The quantitative estimate of drug-likeness (QED) is 0.827. The molecule has 0 fully saturated rings. The van der Waals surface area contributed by atoms with Crippen molar-refractivity contribution in [2.75, 3.05) is 18.9 Å². The van der Waals surface area contributed by atoms with Crippen LogP contribution < -0.4 is 10.1 Å². The van der Waals surface area contributed by atoms with Gasteiger partial charge in [-0.2, -0.15) is 10.5 Å². The fraction of sp³-hybridized carbons (Fsp3) is 0.250. The van der Waals surface area contributed by atoms with E-state index in [-0.39, 0.29) is 5.91 Å². The van der Waals surface area contributed by atoms with Gasteiger partial charge in [0.1, 0.15) is 17.5 Å². The number of nitriles is 2. The molecule has 2 rings (SSSR count). The van der Waals surface area contributed by atoms with Crippen molar-refractivity contribution in [1.29, 1.82) is 10.5 Å². The van der Waals surface area contributed by atoms with Gasteiger partial charge in [-0.1, -0.05) is 6.07 Å². The number of hydrogen-bond donors (Lipinski definition) is 1. The monoisotopic (exact) mass is 348 g/mol. The van der Waals surface area contributed by atoms with Gasteiger partial charge in [-0.3, -0.25) is 4.79 Å². The van der Waals surface area contributed by atoms with Crippen molar-refractivity contribution in [2.24, 2.45) is 0 Å². The van der Waals surface area contributed by atoms with Crippen LogP contribution in [0.2, 0.25) is 0 Å². The van der Waals surface area contributed by atoms with Crippen LogP contribution in [-0.4, -0.2) is 30.4 Å². The SMILES string of the molecule is CC(Nc1ccc(Oc2cccc(C#N)c2)cc1)C(=O)N(C)CCC#N. The lowest BCUT2D eigenvalue weighted by Crippen LogP contribution is -2.39. The van der Waals surface area contributed by atoms with E-state index < -0.39 is 6.04 Å². The highest BCUT2D eigenvalue weighted by molar-refractivity contribution is 5.84. The number of nitrogens with zero attached hydrogens (tertiary/aromatic N) is 3. The third-order valence-corrected chi connectivity index (χ3v) is 3.74. The zero-order valence-corrected chi connectivity index (χ0v) is 14.8. The fourth-order valence-electron chi connectivity index (χ4n) is 2.35. The zero-order chi connectivity index (χ0) is 18.9. The Kier molecular flexibility index (Phi) is 6.59. The maximum Gasteiger partial charge on any atom is 0.244 e. The number of nitrogens with one attached hydrogen (secondary N) is 1.